The van der Waals surface area contributed by atoms with E-state index in [9.17, 15) is 9.00 Å². The SMILES string of the molecule is CS(C)=O.O=C1OCCO1. The summed E-state index contributed by atoms with van der Waals surface area (Å²) in [5.74, 6) is 0. The number of hydrogen-bond donors (Lipinski definition) is 0. The molecule has 60 valence electrons. The van der Waals surface area contributed by atoms with Gasteiger partial charge < -0.3 is 9.47 Å². The zero-order chi connectivity index (χ0) is 7.98. The predicted molar refractivity (Wildman–Crippen MR) is 37.3 cm³/mol. The second-order valence-corrected chi connectivity index (χ2v) is 3.17. The molecule has 0 bridgehead atoms. The molecule has 0 spiro atoms. The standard InChI is InChI=1S/C3H4O3.C2H6OS/c4-3-5-1-2-6-3;1-4(2)3/h1-2H2;1-2H3. The molecule has 5 heteroatoms. The molecule has 0 aromatic rings. The highest BCUT2D eigenvalue weighted by atomic mass is 32.2. The molecular weight excluding hydrogens is 156 g/mol. The molecule has 0 aromatic heterocycles. The van der Waals surface area contributed by atoms with Gasteiger partial charge in [0.1, 0.15) is 13.2 Å². The lowest BCUT2D eigenvalue weighted by molar-refractivity contribution is 0.131. The van der Waals surface area contributed by atoms with E-state index < -0.39 is 17.0 Å². The van der Waals surface area contributed by atoms with E-state index in [-0.39, 0.29) is 0 Å². The van der Waals surface area contributed by atoms with Crippen molar-refractivity contribution in [2.45, 2.75) is 0 Å². The minimum absolute atomic E-state index is 0.416. The van der Waals surface area contributed by atoms with Crippen LogP contribution < -0.4 is 0 Å². The number of hydrogen-bond acceptors (Lipinski definition) is 4. The van der Waals surface area contributed by atoms with E-state index in [2.05, 4.69) is 9.47 Å². The smallest absolute Gasteiger partial charge is 0.431 e. The minimum Gasteiger partial charge on any atom is -0.431 e. The number of carbonyl (C=O) groups excluding carboxylic acids is 1. The number of cyclic esters (lactones) is 2. The first kappa shape index (κ1) is 9.42. The molecule has 1 rings (SSSR count). The summed E-state index contributed by atoms with van der Waals surface area (Å²) in [6.07, 6.45) is 2.73. The molecule has 0 aliphatic carbocycles. The van der Waals surface area contributed by atoms with Crippen LogP contribution in [0, 0.1) is 0 Å². The maximum Gasteiger partial charge on any atom is 0.508 e. The molecule has 1 saturated heterocycles. The average molecular weight is 166 g/mol. The molecule has 4 nitrogen and oxygen atoms in total. The van der Waals surface area contributed by atoms with Gasteiger partial charge in [-0.2, -0.15) is 0 Å². The largest absolute Gasteiger partial charge is 0.508 e. The molecule has 0 amide bonds. The Bertz CT molecular complexity index is 122. The molecule has 1 aliphatic heterocycles. The van der Waals surface area contributed by atoms with Gasteiger partial charge in [-0.1, -0.05) is 0 Å². The van der Waals surface area contributed by atoms with Gasteiger partial charge >= 0.3 is 6.16 Å². The van der Waals surface area contributed by atoms with E-state index in [1.54, 1.807) is 12.5 Å². The third-order valence-electron chi connectivity index (χ3n) is 0.523. The highest BCUT2D eigenvalue weighted by Gasteiger charge is 2.09. The lowest BCUT2D eigenvalue weighted by Crippen LogP contribution is -1.88. The molecule has 0 aromatic carbocycles. The van der Waals surface area contributed by atoms with E-state index in [4.69, 9.17) is 0 Å². The lowest BCUT2D eigenvalue weighted by Gasteiger charge is -1.78. The van der Waals surface area contributed by atoms with Crippen molar-refractivity contribution in [1.82, 2.24) is 0 Å². The van der Waals surface area contributed by atoms with Crippen molar-refractivity contribution in [3.63, 3.8) is 0 Å². The minimum atomic E-state index is -0.611. The van der Waals surface area contributed by atoms with Crippen LogP contribution in [0.2, 0.25) is 0 Å². The van der Waals surface area contributed by atoms with Crippen LogP contribution in [0.3, 0.4) is 0 Å². The van der Waals surface area contributed by atoms with Gasteiger partial charge in [0.2, 0.25) is 0 Å². The number of rotatable bonds is 0. The molecule has 0 atom stereocenters. The van der Waals surface area contributed by atoms with Crippen LogP contribution in [-0.2, 0) is 20.3 Å². The highest BCUT2D eigenvalue weighted by molar-refractivity contribution is 7.83. The van der Waals surface area contributed by atoms with Gasteiger partial charge in [0.25, 0.3) is 0 Å². The van der Waals surface area contributed by atoms with Crippen molar-refractivity contribution >= 4 is 17.0 Å². The van der Waals surface area contributed by atoms with Crippen LogP contribution in [0.15, 0.2) is 0 Å². The van der Waals surface area contributed by atoms with E-state index in [1.807, 2.05) is 0 Å². The molecule has 0 radical (unpaired) electrons. The number of ether oxygens (including phenoxy) is 2. The fraction of sp³-hybridized carbons (Fsp3) is 0.800. The highest BCUT2D eigenvalue weighted by Crippen LogP contribution is 1.92. The Hall–Kier alpha value is -0.580. The molecular formula is C5H10O4S. The van der Waals surface area contributed by atoms with Crippen molar-refractivity contribution in [3.05, 3.63) is 0 Å². The van der Waals surface area contributed by atoms with Crippen LogP contribution in [0.4, 0.5) is 4.79 Å². The first-order valence-corrected chi connectivity index (χ1v) is 4.64. The second kappa shape index (κ2) is 5.22. The monoisotopic (exact) mass is 166 g/mol. The summed E-state index contributed by atoms with van der Waals surface area (Å²) in [6.45, 7) is 0.831. The zero-order valence-electron chi connectivity index (χ0n) is 5.96. The summed E-state index contributed by atoms with van der Waals surface area (Å²) in [4.78, 5) is 9.80. The molecule has 0 unspecified atom stereocenters. The Morgan fingerprint density at radius 3 is 1.70 bits per heavy atom. The molecule has 1 fully saturated rings. The maximum atomic E-state index is 9.80. The topological polar surface area (TPSA) is 52.6 Å². The zero-order valence-corrected chi connectivity index (χ0v) is 6.77. The van der Waals surface area contributed by atoms with Crippen LogP contribution in [0.5, 0.6) is 0 Å². The third-order valence-corrected chi connectivity index (χ3v) is 0.523. The van der Waals surface area contributed by atoms with Gasteiger partial charge in [0, 0.05) is 23.3 Å². The van der Waals surface area contributed by atoms with Crippen LogP contribution in [-0.4, -0.2) is 36.1 Å². The molecule has 0 N–H and O–H groups in total. The Kier molecular flexibility index (Phi) is 4.92. The summed E-state index contributed by atoms with van der Waals surface area (Å²) < 4.78 is 18.1. The quantitative estimate of drug-likeness (QED) is 0.480. The Morgan fingerprint density at radius 1 is 1.30 bits per heavy atom. The van der Waals surface area contributed by atoms with Gasteiger partial charge in [0.05, 0.1) is 0 Å². The lowest BCUT2D eigenvalue weighted by atomic mass is 10.8. The molecule has 1 heterocycles. The van der Waals surface area contributed by atoms with Crippen LogP contribution >= 0.6 is 0 Å². The van der Waals surface area contributed by atoms with Crippen molar-refractivity contribution in [2.75, 3.05) is 25.7 Å². The van der Waals surface area contributed by atoms with E-state index >= 15 is 0 Å². The van der Waals surface area contributed by atoms with Crippen LogP contribution in [0.1, 0.15) is 0 Å². The second-order valence-electron chi connectivity index (χ2n) is 1.69. The van der Waals surface area contributed by atoms with E-state index in [0.29, 0.717) is 13.2 Å². The predicted octanol–water partition coefficient (Wildman–Crippen LogP) is 0.148. The summed E-state index contributed by atoms with van der Waals surface area (Å²) >= 11 is 0. The van der Waals surface area contributed by atoms with Gasteiger partial charge in [-0.15, -0.1) is 0 Å². The van der Waals surface area contributed by atoms with Crippen molar-refractivity contribution in [1.29, 1.82) is 0 Å². The summed E-state index contributed by atoms with van der Waals surface area (Å²) in [5.41, 5.74) is 0. The van der Waals surface area contributed by atoms with Gasteiger partial charge in [0.15, 0.2) is 0 Å². The van der Waals surface area contributed by atoms with E-state index in [1.165, 1.54) is 0 Å². The first-order chi connectivity index (χ1) is 4.63. The van der Waals surface area contributed by atoms with Gasteiger partial charge in [-0.05, 0) is 0 Å². The normalized spacial score (nSPS) is 15.3. The Morgan fingerprint density at radius 2 is 1.60 bits per heavy atom. The first-order valence-electron chi connectivity index (χ1n) is 2.67. The van der Waals surface area contributed by atoms with E-state index in [0.717, 1.165) is 0 Å². The molecule has 0 saturated carbocycles. The average Bonchev–Trinajstić information content (AvgIpc) is 2.15. The summed E-state index contributed by atoms with van der Waals surface area (Å²) in [5, 5.41) is 0. The van der Waals surface area contributed by atoms with Crippen molar-refractivity contribution in [2.24, 2.45) is 0 Å². The summed E-state index contributed by atoms with van der Waals surface area (Å²) in [6, 6.07) is 0. The van der Waals surface area contributed by atoms with Crippen molar-refractivity contribution < 1.29 is 18.5 Å². The Balaban J connectivity index is 0.000000180. The molecule has 10 heavy (non-hydrogen) atoms. The summed E-state index contributed by atoms with van der Waals surface area (Å²) in [7, 11) is -0.611. The fourth-order valence-corrected chi connectivity index (χ4v) is 0.292. The van der Waals surface area contributed by atoms with Crippen molar-refractivity contribution in [3.8, 4) is 0 Å². The number of carbonyl (C=O) groups is 1. The van der Waals surface area contributed by atoms with Gasteiger partial charge in [-0.25, -0.2) is 4.79 Å². The third kappa shape index (κ3) is 7.42. The van der Waals surface area contributed by atoms with Gasteiger partial charge in [-0.3, -0.25) is 4.21 Å². The molecule has 1 aliphatic rings. The Labute approximate surface area is 62.0 Å². The fourth-order valence-electron chi connectivity index (χ4n) is 0.292. The van der Waals surface area contributed by atoms with Crippen LogP contribution in [0.25, 0.3) is 0 Å². The maximum absolute atomic E-state index is 9.80.